The molecule has 0 saturated carbocycles. The predicted octanol–water partition coefficient (Wildman–Crippen LogP) is -0.116. The molecule has 0 radical (unpaired) electrons. The average molecular weight is 159 g/mol. The summed E-state index contributed by atoms with van der Waals surface area (Å²) >= 11 is 0. The number of aryl methyl sites for hydroxylation is 1. The second kappa shape index (κ2) is 2.94. The first-order valence-corrected chi connectivity index (χ1v) is 4.15. The highest BCUT2D eigenvalue weighted by Gasteiger charge is 2.00. The summed E-state index contributed by atoms with van der Waals surface area (Å²) in [6, 6.07) is 1.65. The van der Waals surface area contributed by atoms with Gasteiger partial charge in [0.2, 0.25) is 0 Å². The van der Waals surface area contributed by atoms with Crippen LogP contribution < -0.4 is 5.14 Å². The first kappa shape index (κ1) is 7.43. The van der Waals surface area contributed by atoms with E-state index in [9.17, 15) is 4.21 Å². The van der Waals surface area contributed by atoms with Crippen molar-refractivity contribution in [3.05, 3.63) is 12.3 Å². The van der Waals surface area contributed by atoms with Gasteiger partial charge in [0.1, 0.15) is 11.0 Å². The van der Waals surface area contributed by atoms with E-state index in [-0.39, 0.29) is 0 Å². The van der Waals surface area contributed by atoms with Gasteiger partial charge in [-0.3, -0.25) is 4.68 Å². The van der Waals surface area contributed by atoms with Crippen molar-refractivity contribution in [1.82, 2.24) is 9.78 Å². The van der Waals surface area contributed by atoms with Crippen LogP contribution in [0, 0.1) is 0 Å². The van der Waals surface area contributed by atoms with Crippen LogP contribution in [0.3, 0.4) is 0 Å². The smallest absolute Gasteiger partial charge is 0.164 e. The zero-order chi connectivity index (χ0) is 7.56. The molecule has 1 rings (SSSR count). The molecular formula is C5H9N3OS. The molecule has 5 heteroatoms. The van der Waals surface area contributed by atoms with Gasteiger partial charge < -0.3 is 0 Å². The lowest BCUT2D eigenvalue weighted by atomic mass is 10.7. The van der Waals surface area contributed by atoms with E-state index in [1.165, 1.54) is 0 Å². The third-order valence-electron chi connectivity index (χ3n) is 1.15. The molecule has 0 amide bonds. The maximum absolute atomic E-state index is 10.6. The molecule has 10 heavy (non-hydrogen) atoms. The summed E-state index contributed by atoms with van der Waals surface area (Å²) in [4.78, 5) is 0. The normalized spacial score (nSPS) is 13.4. The Morgan fingerprint density at radius 2 is 2.60 bits per heavy atom. The third kappa shape index (κ3) is 1.43. The van der Waals surface area contributed by atoms with Crippen molar-refractivity contribution in [3.63, 3.8) is 0 Å². The van der Waals surface area contributed by atoms with E-state index < -0.39 is 11.0 Å². The molecule has 1 heterocycles. The highest BCUT2D eigenvalue weighted by atomic mass is 32.2. The summed E-state index contributed by atoms with van der Waals surface area (Å²) in [7, 11) is -1.44. The Hall–Kier alpha value is -0.680. The topological polar surface area (TPSA) is 60.9 Å². The maximum Gasteiger partial charge on any atom is 0.164 e. The van der Waals surface area contributed by atoms with E-state index in [2.05, 4.69) is 5.10 Å². The number of rotatable bonds is 2. The van der Waals surface area contributed by atoms with Crippen molar-refractivity contribution in [2.45, 2.75) is 18.5 Å². The number of nitrogens with two attached hydrogens (primary N) is 1. The molecule has 1 aromatic heterocycles. The molecule has 0 spiro atoms. The van der Waals surface area contributed by atoms with Crippen LogP contribution >= 0.6 is 0 Å². The van der Waals surface area contributed by atoms with Crippen LogP contribution in [0.2, 0.25) is 0 Å². The lowest BCUT2D eigenvalue weighted by molar-refractivity contribution is 0.632. The first-order valence-electron chi connectivity index (χ1n) is 2.93. The fourth-order valence-corrected chi connectivity index (χ4v) is 1.01. The van der Waals surface area contributed by atoms with E-state index in [1.54, 1.807) is 16.9 Å². The summed E-state index contributed by atoms with van der Waals surface area (Å²) in [6.07, 6.45) is 1.75. The second-order valence-corrected chi connectivity index (χ2v) is 2.82. The molecule has 0 aliphatic carbocycles. The van der Waals surface area contributed by atoms with Crippen LogP contribution in [-0.2, 0) is 17.5 Å². The van der Waals surface area contributed by atoms with E-state index >= 15 is 0 Å². The van der Waals surface area contributed by atoms with Gasteiger partial charge in [0, 0.05) is 12.7 Å². The Balaban J connectivity index is 2.88. The van der Waals surface area contributed by atoms with E-state index in [4.69, 9.17) is 5.14 Å². The molecule has 0 aliphatic heterocycles. The first-order chi connectivity index (χ1) is 4.74. The highest BCUT2D eigenvalue weighted by molar-refractivity contribution is 7.82. The molecule has 0 bridgehead atoms. The Labute approximate surface area is 61.6 Å². The van der Waals surface area contributed by atoms with Crippen molar-refractivity contribution in [3.8, 4) is 0 Å². The molecule has 1 unspecified atom stereocenters. The quantitative estimate of drug-likeness (QED) is 0.654. The zero-order valence-electron chi connectivity index (χ0n) is 5.65. The number of aromatic nitrogens is 2. The van der Waals surface area contributed by atoms with Crippen molar-refractivity contribution in [2.24, 2.45) is 5.14 Å². The second-order valence-electron chi connectivity index (χ2n) is 1.81. The van der Waals surface area contributed by atoms with Gasteiger partial charge in [0.15, 0.2) is 5.03 Å². The highest BCUT2D eigenvalue weighted by Crippen LogP contribution is 1.96. The molecule has 1 atom stereocenters. The number of nitrogens with zero attached hydrogens (tertiary/aromatic N) is 2. The summed E-state index contributed by atoms with van der Waals surface area (Å²) in [5, 5.41) is 9.43. The van der Waals surface area contributed by atoms with Gasteiger partial charge in [-0.1, -0.05) is 0 Å². The van der Waals surface area contributed by atoms with Crippen molar-refractivity contribution >= 4 is 11.0 Å². The van der Waals surface area contributed by atoms with Gasteiger partial charge in [-0.25, -0.2) is 9.35 Å². The lowest BCUT2D eigenvalue weighted by Gasteiger charge is -1.90. The Morgan fingerprint density at radius 3 is 2.90 bits per heavy atom. The van der Waals surface area contributed by atoms with Crippen LogP contribution in [0.4, 0.5) is 0 Å². The Morgan fingerprint density at radius 1 is 1.90 bits per heavy atom. The molecule has 2 N–H and O–H groups in total. The fraction of sp³-hybridized carbons (Fsp3) is 0.400. The summed E-state index contributed by atoms with van der Waals surface area (Å²) in [6.45, 7) is 2.73. The molecule has 1 aromatic rings. The van der Waals surface area contributed by atoms with E-state index in [0.717, 1.165) is 6.54 Å². The van der Waals surface area contributed by atoms with E-state index in [1.807, 2.05) is 6.92 Å². The van der Waals surface area contributed by atoms with Crippen molar-refractivity contribution in [1.29, 1.82) is 0 Å². The molecule has 0 saturated heterocycles. The largest absolute Gasteiger partial charge is 0.272 e. The molecule has 56 valence electrons. The van der Waals surface area contributed by atoms with Crippen LogP contribution in [0.5, 0.6) is 0 Å². The third-order valence-corrected chi connectivity index (χ3v) is 1.78. The van der Waals surface area contributed by atoms with Gasteiger partial charge in [0.25, 0.3) is 0 Å². The van der Waals surface area contributed by atoms with Gasteiger partial charge in [-0.15, -0.1) is 0 Å². The van der Waals surface area contributed by atoms with Gasteiger partial charge >= 0.3 is 0 Å². The van der Waals surface area contributed by atoms with Gasteiger partial charge in [-0.05, 0) is 13.0 Å². The SMILES string of the molecule is CCn1ccc(S(N)=O)n1. The van der Waals surface area contributed by atoms with Crippen LogP contribution in [0.25, 0.3) is 0 Å². The molecule has 0 aliphatic rings. The van der Waals surface area contributed by atoms with Crippen LogP contribution in [0.1, 0.15) is 6.92 Å². The van der Waals surface area contributed by atoms with Crippen LogP contribution in [0.15, 0.2) is 17.3 Å². The summed E-state index contributed by atoms with van der Waals surface area (Å²) < 4.78 is 12.3. The van der Waals surface area contributed by atoms with Crippen molar-refractivity contribution in [2.75, 3.05) is 0 Å². The van der Waals surface area contributed by atoms with Crippen LogP contribution in [-0.4, -0.2) is 14.0 Å². The molecular weight excluding hydrogens is 150 g/mol. The number of hydrogen-bond donors (Lipinski definition) is 1. The molecule has 0 aromatic carbocycles. The molecule has 4 nitrogen and oxygen atoms in total. The maximum atomic E-state index is 10.6. The standard InChI is InChI=1S/C5H9N3OS/c1-2-8-4-3-5(7-8)10(6)9/h3-4H,2,6H2,1H3. The average Bonchev–Trinajstić information content (AvgIpc) is 2.34. The molecule has 0 fully saturated rings. The Kier molecular flexibility index (Phi) is 2.18. The monoisotopic (exact) mass is 159 g/mol. The minimum atomic E-state index is -1.44. The van der Waals surface area contributed by atoms with E-state index in [0.29, 0.717) is 5.03 Å². The van der Waals surface area contributed by atoms with Crippen molar-refractivity contribution < 1.29 is 4.21 Å². The Bertz CT molecular complexity index is 245. The summed E-state index contributed by atoms with van der Waals surface area (Å²) in [5.41, 5.74) is 0. The fourth-order valence-electron chi connectivity index (χ4n) is 0.626. The van der Waals surface area contributed by atoms with Gasteiger partial charge in [0.05, 0.1) is 0 Å². The number of hydrogen-bond acceptors (Lipinski definition) is 2. The summed E-state index contributed by atoms with van der Waals surface area (Å²) in [5.74, 6) is 0. The predicted molar refractivity (Wildman–Crippen MR) is 38.5 cm³/mol. The minimum absolute atomic E-state index is 0.432. The zero-order valence-corrected chi connectivity index (χ0v) is 6.47. The van der Waals surface area contributed by atoms with Gasteiger partial charge in [-0.2, -0.15) is 5.10 Å². The lowest BCUT2D eigenvalue weighted by Crippen LogP contribution is -2.04. The minimum Gasteiger partial charge on any atom is -0.272 e.